The Morgan fingerprint density at radius 1 is 1.17 bits per heavy atom. The fourth-order valence-corrected chi connectivity index (χ4v) is 4.21. The van der Waals surface area contributed by atoms with Crippen LogP contribution in [0, 0.1) is 6.57 Å². The number of benzene rings is 3. The van der Waals surface area contributed by atoms with Gasteiger partial charge < -0.3 is 14.8 Å². The van der Waals surface area contributed by atoms with Gasteiger partial charge in [0.25, 0.3) is 0 Å². The highest BCUT2D eigenvalue weighted by atomic mass is 16.4. The van der Waals surface area contributed by atoms with E-state index in [2.05, 4.69) is 15.3 Å². The number of nitrogens with one attached hydrogen (secondary N) is 1. The van der Waals surface area contributed by atoms with Crippen LogP contribution < -0.4 is 10.7 Å². The first-order valence-corrected chi connectivity index (χ1v) is 10.9. The summed E-state index contributed by atoms with van der Waals surface area (Å²) in [6.07, 6.45) is 1.89. The summed E-state index contributed by atoms with van der Waals surface area (Å²) < 4.78 is 7.98. The van der Waals surface area contributed by atoms with Crippen molar-refractivity contribution < 1.29 is 14.3 Å². The SMILES string of the molecule is [C-]#[N+]c1cc(C(C)Nc2ccccc2C(=O)O)c2oc(-c3ccc4nn(C)cc4c3)cc(=O)c2c1. The van der Waals surface area contributed by atoms with Crippen molar-refractivity contribution in [3.8, 4) is 11.3 Å². The predicted molar refractivity (Wildman–Crippen MR) is 134 cm³/mol. The summed E-state index contributed by atoms with van der Waals surface area (Å²) in [5.41, 5.74) is 3.06. The summed E-state index contributed by atoms with van der Waals surface area (Å²) >= 11 is 0. The van der Waals surface area contributed by atoms with Crippen LogP contribution in [0.1, 0.15) is 28.9 Å². The third-order valence-corrected chi connectivity index (χ3v) is 5.87. The van der Waals surface area contributed by atoms with E-state index in [0.717, 1.165) is 16.5 Å². The number of carboxylic acids is 1. The van der Waals surface area contributed by atoms with Crippen LogP contribution in [-0.4, -0.2) is 20.9 Å². The Hall–Kier alpha value is -4.90. The molecule has 0 aliphatic carbocycles. The molecule has 0 spiro atoms. The van der Waals surface area contributed by atoms with Gasteiger partial charge in [-0.1, -0.05) is 12.1 Å². The maximum atomic E-state index is 13.1. The first kappa shape index (κ1) is 21.9. The number of para-hydroxylation sites is 1. The molecule has 5 aromatic rings. The van der Waals surface area contributed by atoms with Crippen LogP contribution in [0.3, 0.4) is 0 Å². The van der Waals surface area contributed by atoms with E-state index in [-0.39, 0.29) is 11.0 Å². The third kappa shape index (κ3) is 4.00. The van der Waals surface area contributed by atoms with Gasteiger partial charge in [-0.2, -0.15) is 5.10 Å². The van der Waals surface area contributed by atoms with Gasteiger partial charge in [0.2, 0.25) is 0 Å². The van der Waals surface area contributed by atoms with E-state index in [1.807, 2.05) is 38.4 Å². The smallest absolute Gasteiger partial charge is 0.337 e. The van der Waals surface area contributed by atoms with Crippen molar-refractivity contribution in [3.63, 3.8) is 0 Å². The number of rotatable bonds is 5. The number of hydrogen-bond donors (Lipinski definition) is 2. The van der Waals surface area contributed by atoms with E-state index < -0.39 is 12.0 Å². The maximum absolute atomic E-state index is 13.1. The van der Waals surface area contributed by atoms with Gasteiger partial charge in [0.15, 0.2) is 11.1 Å². The third-order valence-electron chi connectivity index (χ3n) is 5.87. The van der Waals surface area contributed by atoms with Crippen LogP contribution in [-0.2, 0) is 7.05 Å². The van der Waals surface area contributed by atoms with Crippen molar-refractivity contribution >= 4 is 39.2 Å². The first-order valence-electron chi connectivity index (χ1n) is 10.9. The Morgan fingerprint density at radius 2 is 1.97 bits per heavy atom. The topological polar surface area (TPSA) is 102 Å². The summed E-state index contributed by atoms with van der Waals surface area (Å²) in [5, 5.41) is 18.3. The Morgan fingerprint density at radius 3 is 2.74 bits per heavy atom. The Kier molecular flexibility index (Phi) is 5.30. The number of aromatic carboxylic acids is 1. The highest BCUT2D eigenvalue weighted by Crippen LogP contribution is 2.34. The van der Waals surface area contributed by atoms with E-state index in [9.17, 15) is 14.7 Å². The Bertz CT molecular complexity index is 1730. The second-order valence-electron chi connectivity index (χ2n) is 8.29. The summed E-state index contributed by atoms with van der Waals surface area (Å²) in [6, 6.07) is 16.3. The highest BCUT2D eigenvalue weighted by molar-refractivity contribution is 5.94. The molecule has 5 rings (SSSR count). The van der Waals surface area contributed by atoms with Gasteiger partial charge in [0.1, 0.15) is 11.3 Å². The predicted octanol–water partition coefficient (Wildman–Crippen LogP) is 5.77. The Labute approximate surface area is 199 Å². The normalized spacial score (nSPS) is 11.9. The number of nitrogens with zero attached hydrogens (tertiary/aromatic N) is 3. The summed E-state index contributed by atoms with van der Waals surface area (Å²) in [4.78, 5) is 28.3. The highest BCUT2D eigenvalue weighted by Gasteiger charge is 2.19. The van der Waals surface area contributed by atoms with Crippen molar-refractivity contribution in [3.05, 3.63) is 99.6 Å². The number of aromatic nitrogens is 2. The molecule has 0 fully saturated rings. The first-order chi connectivity index (χ1) is 16.8. The lowest BCUT2D eigenvalue weighted by atomic mass is 10.0. The fourth-order valence-electron chi connectivity index (χ4n) is 4.21. The van der Waals surface area contributed by atoms with Gasteiger partial charge in [0, 0.05) is 41.5 Å². The maximum Gasteiger partial charge on any atom is 0.337 e. The number of carboxylic acid groups (broad SMARTS) is 1. The van der Waals surface area contributed by atoms with Crippen LogP contribution in [0.25, 0.3) is 38.0 Å². The number of fused-ring (bicyclic) bond motifs is 2. The Balaban J connectivity index is 1.66. The van der Waals surface area contributed by atoms with Crippen LogP contribution in [0.5, 0.6) is 0 Å². The van der Waals surface area contributed by atoms with Crippen LogP contribution in [0.4, 0.5) is 11.4 Å². The zero-order valence-corrected chi connectivity index (χ0v) is 18.9. The molecule has 2 aromatic heterocycles. The largest absolute Gasteiger partial charge is 0.478 e. The van der Waals surface area contributed by atoms with Gasteiger partial charge in [-0.05, 0) is 49.4 Å². The van der Waals surface area contributed by atoms with Crippen molar-refractivity contribution in [1.82, 2.24) is 9.78 Å². The number of hydrogen-bond acceptors (Lipinski definition) is 5. The molecule has 8 heteroatoms. The lowest BCUT2D eigenvalue weighted by Gasteiger charge is -2.19. The van der Waals surface area contributed by atoms with Crippen LogP contribution in [0.15, 0.2) is 76.1 Å². The van der Waals surface area contributed by atoms with E-state index in [1.54, 1.807) is 28.9 Å². The molecular formula is C27H20N4O4. The molecule has 1 unspecified atom stereocenters. The number of carbonyl (C=O) groups is 1. The molecule has 2 heterocycles. The molecule has 0 bridgehead atoms. The summed E-state index contributed by atoms with van der Waals surface area (Å²) in [7, 11) is 1.84. The van der Waals surface area contributed by atoms with Crippen LogP contribution in [0.2, 0.25) is 0 Å². The molecule has 0 radical (unpaired) electrons. The molecule has 0 amide bonds. The lowest BCUT2D eigenvalue weighted by Crippen LogP contribution is -2.12. The molecule has 3 aromatic carbocycles. The average molecular weight is 464 g/mol. The molecule has 0 saturated carbocycles. The van der Waals surface area contributed by atoms with Crippen LogP contribution >= 0.6 is 0 Å². The standard InChI is InChI=1S/C27H20N4O4/c1-15(29-23-7-5-4-6-19(23)27(33)34)20-11-18(28-2)12-21-24(32)13-25(35-26(20)21)16-8-9-22-17(10-16)14-31(3)30-22/h4-15,29H,1,3H3,(H,33,34). The minimum absolute atomic E-state index is 0.122. The second-order valence-corrected chi connectivity index (χ2v) is 8.29. The molecule has 0 aliphatic heterocycles. The molecule has 1 atom stereocenters. The number of anilines is 1. The minimum atomic E-state index is -1.06. The lowest BCUT2D eigenvalue weighted by molar-refractivity contribution is 0.0698. The molecule has 172 valence electrons. The molecule has 0 aliphatic rings. The van der Waals surface area contributed by atoms with Gasteiger partial charge in [-0.15, -0.1) is 0 Å². The van der Waals surface area contributed by atoms with Gasteiger partial charge in [0.05, 0.1) is 29.1 Å². The quantitative estimate of drug-likeness (QED) is 0.320. The van der Waals surface area contributed by atoms with E-state index in [0.29, 0.717) is 33.7 Å². The molecule has 35 heavy (non-hydrogen) atoms. The summed E-state index contributed by atoms with van der Waals surface area (Å²) in [5.74, 6) is -0.664. The van der Waals surface area contributed by atoms with Crippen molar-refractivity contribution in [1.29, 1.82) is 0 Å². The van der Waals surface area contributed by atoms with Crippen molar-refractivity contribution in [2.45, 2.75) is 13.0 Å². The zero-order valence-electron chi connectivity index (χ0n) is 18.9. The van der Waals surface area contributed by atoms with E-state index in [1.165, 1.54) is 18.2 Å². The average Bonchev–Trinajstić information content (AvgIpc) is 3.22. The fraction of sp³-hybridized carbons (Fsp3) is 0.111. The summed E-state index contributed by atoms with van der Waals surface area (Å²) in [6.45, 7) is 9.31. The monoisotopic (exact) mass is 464 g/mol. The molecule has 8 nitrogen and oxygen atoms in total. The van der Waals surface area contributed by atoms with Gasteiger partial charge in [-0.3, -0.25) is 9.48 Å². The minimum Gasteiger partial charge on any atom is -0.478 e. The molecule has 2 N–H and O–H groups in total. The van der Waals surface area contributed by atoms with Crippen molar-refractivity contribution in [2.24, 2.45) is 7.05 Å². The molecular weight excluding hydrogens is 444 g/mol. The molecule has 0 saturated heterocycles. The van der Waals surface area contributed by atoms with Crippen molar-refractivity contribution in [2.75, 3.05) is 5.32 Å². The zero-order chi connectivity index (χ0) is 24.7. The van der Waals surface area contributed by atoms with E-state index >= 15 is 0 Å². The number of aryl methyl sites for hydroxylation is 1. The van der Waals surface area contributed by atoms with Gasteiger partial charge in [-0.25, -0.2) is 9.64 Å². The van der Waals surface area contributed by atoms with E-state index in [4.69, 9.17) is 11.0 Å². The van der Waals surface area contributed by atoms with Gasteiger partial charge >= 0.3 is 5.97 Å². The second kappa shape index (κ2) is 8.47.